The molecular formula is C14H23N3. The van der Waals surface area contributed by atoms with E-state index in [-0.39, 0.29) is 0 Å². The summed E-state index contributed by atoms with van der Waals surface area (Å²) in [6, 6.07) is 6.92. The number of nitrogens with one attached hydrogen (secondary N) is 1. The first kappa shape index (κ1) is 12.4. The molecular weight excluding hydrogens is 210 g/mol. The van der Waals surface area contributed by atoms with E-state index in [2.05, 4.69) is 47.2 Å². The summed E-state index contributed by atoms with van der Waals surface area (Å²) in [6.07, 6.45) is 3.78. The van der Waals surface area contributed by atoms with Crippen molar-refractivity contribution in [1.82, 2.24) is 10.3 Å². The SMILES string of the molecule is CCCN(CC1CCCN1)c1cccc(C)n1. The third-order valence-corrected chi connectivity index (χ3v) is 3.29. The molecule has 1 aromatic rings. The number of hydrogen-bond donors (Lipinski definition) is 1. The Balaban J connectivity index is 2.04. The van der Waals surface area contributed by atoms with Crippen molar-refractivity contribution in [3.8, 4) is 0 Å². The highest BCUT2D eigenvalue weighted by atomic mass is 15.2. The molecule has 1 aliphatic heterocycles. The molecule has 3 nitrogen and oxygen atoms in total. The smallest absolute Gasteiger partial charge is 0.128 e. The Morgan fingerprint density at radius 3 is 3.00 bits per heavy atom. The molecule has 1 saturated heterocycles. The van der Waals surface area contributed by atoms with Crippen LogP contribution in [0, 0.1) is 6.92 Å². The first-order valence-corrected chi connectivity index (χ1v) is 6.71. The average Bonchev–Trinajstić information content (AvgIpc) is 2.81. The van der Waals surface area contributed by atoms with Gasteiger partial charge in [0.25, 0.3) is 0 Å². The Bertz CT molecular complexity index is 345. The molecule has 2 heterocycles. The van der Waals surface area contributed by atoms with E-state index in [1.165, 1.54) is 25.8 Å². The van der Waals surface area contributed by atoms with Gasteiger partial charge in [-0.25, -0.2) is 4.98 Å². The van der Waals surface area contributed by atoms with Gasteiger partial charge in [0.1, 0.15) is 5.82 Å². The van der Waals surface area contributed by atoms with Crippen molar-refractivity contribution < 1.29 is 0 Å². The largest absolute Gasteiger partial charge is 0.355 e. The van der Waals surface area contributed by atoms with Crippen LogP contribution in [0.1, 0.15) is 31.9 Å². The molecule has 0 saturated carbocycles. The molecule has 0 aliphatic carbocycles. The third-order valence-electron chi connectivity index (χ3n) is 3.29. The lowest BCUT2D eigenvalue weighted by atomic mass is 10.2. The van der Waals surface area contributed by atoms with E-state index in [0.29, 0.717) is 6.04 Å². The molecule has 1 aromatic heterocycles. The van der Waals surface area contributed by atoms with Crippen molar-refractivity contribution in [2.24, 2.45) is 0 Å². The summed E-state index contributed by atoms with van der Waals surface area (Å²) in [7, 11) is 0. The summed E-state index contributed by atoms with van der Waals surface area (Å²) in [5.74, 6) is 1.13. The van der Waals surface area contributed by atoms with Crippen molar-refractivity contribution in [2.75, 3.05) is 24.5 Å². The number of anilines is 1. The lowest BCUT2D eigenvalue weighted by Crippen LogP contribution is -2.38. The second-order valence-corrected chi connectivity index (χ2v) is 4.88. The van der Waals surface area contributed by atoms with Gasteiger partial charge in [-0.3, -0.25) is 0 Å². The summed E-state index contributed by atoms with van der Waals surface area (Å²) in [4.78, 5) is 7.05. The maximum Gasteiger partial charge on any atom is 0.128 e. The molecule has 1 aliphatic rings. The quantitative estimate of drug-likeness (QED) is 0.846. The van der Waals surface area contributed by atoms with Crippen LogP contribution in [0.4, 0.5) is 5.82 Å². The Kier molecular flexibility index (Phi) is 4.37. The van der Waals surface area contributed by atoms with Crippen molar-refractivity contribution in [2.45, 2.75) is 39.2 Å². The molecule has 1 unspecified atom stereocenters. The maximum absolute atomic E-state index is 4.63. The van der Waals surface area contributed by atoms with Gasteiger partial charge >= 0.3 is 0 Å². The van der Waals surface area contributed by atoms with Gasteiger partial charge in [-0.1, -0.05) is 13.0 Å². The summed E-state index contributed by atoms with van der Waals surface area (Å²) in [5.41, 5.74) is 1.10. The Morgan fingerprint density at radius 1 is 1.47 bits per heavy atom. The molecule has 1 N–H and O–H groups in total. The van der Waals surface area contributed by atoms with Crippen molar-refractivity contribution in [1.29, 1.82) is 0 Å². The van der Waals surface area contributed by atoms with E-state index < -0.39 is 0 Å². The summed E-state index contributed by atoms with van der Waals surface area (Å²) in [6.45, 7) is 7.64. The molecule has 2 rings (SSSR count). The standard InChI is InChI=1S/C14H23N3/c1-3-10-17(11-13-7-5-9-15-13)14-8-4-6-12(2)16-14/h4,6,8,13,15H,3,5,7,9-11H2,1-2H3. The zero-order chi connectivity index (χ0) is 12.1. The zero-order valence-electron chi connectivity index (χ0n) is 10.9. The molecule has 1 fully saturated rings. The molecule has 0 aromatic carbocycles. The van der Waals surface area contributed by atoms with Crippen molar-refractivity contribution in [3.63, 3.8) is 0 Å². The van der Waals surface area contributed by atoms with E-state index in [4.69, 9.17) is 0 Å². The topological polar surface area (TPSA) is 28.2 Å². The van der Waals surface area contributed by atoms with Crippen molar-refractivity contribution in [3.05, 3.63) is 23.9 Å². The molecule has 0 amide bonds. The first-order chi connectivity index (χ1) is 8.29. The molecule has 0 spiro atoms. The fourth-order valence-electron chi connectivity index (χ4n) is 2.45. The van der Waals surface area contributed by atoms with Crippen LogP contribution in [0.15, 0.2) is 18.2 Å². The monoisotopic (exact) mass is 233 g/mol. The van der Waals surface area contributed by atoms with Gasteiger partial charge in [0.05, 0.1) is 0 Å². The van der Waals surface area contributed by atoms with E-state index in [1.807, 2.05) is 0 Å². The fourth-order valence-corrected chi connectivity index (χ4v) is 2.45. The van der Waals surface area contributed by atoms with E-state index in [9.17, 15) is 0 Å². The predicted octanol–water partition coefficient (Wildman–Crippen LogP) is 2.36. The highest BCUT2D eigenvalue weighted by molar-refractivity contribution is 5.39. The van der Waals surface area contributed by atoms with E-state index in [1.54, 1.807) is 0 Å². The van der Waals surface area contributed by atoms with Crippen LogP contribution in [0.25, 0.3) is 0 Å². The molecule has 17 heavy (non-hydrogen) atoms. The number of aryl methyl sites for hydroxylation is 1. The number of nitrogens with zero attached hydrogens (tertiary/aromatic N) is 2. The van der Waals surface area contributed by atoms with Crippen LogP contribution < -0.4 is 10.2 Å². The van der Waals surface area contributed by atoms with Gasteiger partial charge in [0, 0.05) is 24.8 Å². The molecule has 94 valence electrons. The molecule has 0 bridgehead atoms. The van der Waals surface area contributed by atoms with E-state index >= 15 is 0 Å². The third kappa shape index (κ3) is 3.43. The Hall–Kier alpha value is -1.09. The van der Waals surface area contributed by atoms with Gasteiger partial charge in [0.2, 0.25) is 0 Å². The second-order valence-electron chi connectivity index (χ2n) is 4.88. The van der Waals surface area contributed by atoms with Crippen molar-refractivity contribution >= 4 is 5.82 Å². The van der Waals surface area contributed by atoms with Crippen LogP contribution in [-0.2, 0) is 0 Å². The zero-order valence-corrected chi connectivity index (χ0v) is 10.9. The Morgan fingerprint density at radius 2 is 2.35 bits per heavy atom. The van der Waals surface area contributed by atoms with Gasteiger partial charge in [-0.2, -0.15) is 0 Å². The van der Waals surface area contributed by atoms with Crippen LogP contribution in [-0.4, -0.2) is 30.7 Å². The molecule has 1 atom stereocenters. The van der Waals surface area contributed by atoms with Gasteiger partial charge < -0.3 is 10.2 Å². The van der Waals surface area contributed by atoms with Crippen LogP contribution in [0.3, 0.4) is 0 Å². The molecule has 0 radical (unpaired) electrons. The Labute approximate surface area is 104 Å². The normalized spacial score (nSPS) is 19.5. The van der Waals surface area contributed by atoms with Gasteiger partial charge in [0.15, 0.2) is 0 Å². The second kappa shape index (κ2) is 6.01. The fraction of sp³-hybridized carbons (Fsp3) is 0.643. The minimum absolute atomic E-state index is 0.642. The lowest BCUT2D eigenvalue weighted by Gasteiger charge is -2.26. The lowest BCUT2D eigenvalue weighted by molar-refractivity contribution is 0.575. The summed E-state index contributed by atoms with van der Waals surface area (Å²) in [5, 5.41) is 3.56. The van der Waals surface area contributed by atoms with E-state index in [0.717, 1.165) is 24.6 Å². The number of aromatic nitrogens is 1. The number of pyridine rings is 1. The highest BCUT2D eigenvalue weighted by Crippen LogP contribution is 2.15. The minimum Gasteiger partial charge on any atom is -0.355 e. The van der Waals surface area contributed by atoms with Crippen LogP contribution in [0.2, 0.25) is 0 Å². The average molecular weight is 233 g/mol. The van der Waals surface area contributed by atoms with Crippen LogP contribution >= 0.6 is 0 Å². The maximum atomic E-state index is 4.63. The van der Waals surface area contributed by atoms with Crippen LogP contribution in [0.5, 0.6) is 0 Å². The summed E-state index contributed by atoms with van der Waals surface area (Å²) < 4.78 is 0. The minimum atomic E-state index is 0.642. The number of hydrogen-bond acceptors (Lipinski definition) is 3. The highest BCUT2D eigenvalue weighted by Gasteiger charge is 2.18. The predicted molar refractivity (Wildman–Crippen MR) is 72.5 cm³/mol. The first-order valence-electron chi connectivity index (χ1n) is 6.71. The van der Waals surface area contributed by atoms with Gasteiger partial charge in [-0.05, 0) is 44.9 Å². The molecule has 3 heteroatoms. The number of rotatable bonds is 5. The summed E-state index contributed by atoms with van der Waals surface area (Å²) >= 11 is 0. The van der Waals surface area contributed by atoms with Gasteiger partial charge in [-0.15, -0.1) is 0 Å².